The molecule has 78 valence electrons. The Morgan fingerprint density at radius 3 is 3.07 bits per heavy atom. The van der Waals surface area contributed by atoms with Crippen molar-refractivity contribution in [3.05, 3.63) is 28.3 Å². The molecule has 0 saturated heterocycles. The van der Waals surface area contributed by atoms with Gasteiger partial charge in [-0.2, -0.15) is 5.10 Å². The van der Waals surface area contributed by atoms with Crippen molar-refractivity contribution in [3.63, 3.8) is 0 Å². The van der Waals surface area contributed by atoms with Crippen molar-refractivity contribution in [2.75, 3.05) is 5.73 Å². The fourth-order valence-electron chi connectivity index (χ4n) is 1.54. The average Bonchev–Trinajstić information content (AvgIpc) is 2.84. The minimum Gasteiger partial charge on any atom is -0.382 e. The monoisotopic (exact) mass is 220 g/mol. The van der Waals surface area contributed by atoms with Crippen molar-refractivity contribution in [3.8, 4) is 0 Å². The van der Waals surface area contributed by atoms with Crippen molar-refractivity contribution in [2.45, 2.75) is 25.3 Å². The predicted molar refractivity (Wildman–Crippen MR) is 59.8 cm³/mol. The third-order valence-corrected chi connectivity index (χ3v) is 3.54. The molecule has 3 rings (SSSR count). The van der Waals surface area contributed by atoms with Gasteiger partial charge in [-0.25, -0.2) is 4.98 Å². The minimum absolute atomic E-state index is 0.563. The van der Waals surface area contributed by atoms with Crippen LogP contribution in [0, 0.1) is 0 Å². The fraction of sp³-hybridized carbons (Fsp3) is 0.400. The lowest BCUT2D eigenvalue weighted by molar-refractivity contribution is 0.677. The van der Waals surface area contributed by atoms with E-state index in [0.29, 0.717) is 5.82 Å². The highest BCUT2D eigenvalue weighted by molar-refractivity contribution is 7.09. The number of hydrogen-bond donors (Lipinski definition) is 1. The third-order valence-electron chi connectivity index (χ3n) is 2.48. The van der Waals surface area contributed by atoms with Crippen LogP contribution in [-0.2, 0) is 6.54 Å². The zero-order chi connectivity index (χ0) is 10.3. The third kappa shape index (κ3) is 1.87. The summed E-state index contributed by atoms with van der Waals surface area (Å²) >= 11 is 1.76. The molecule has 1 aliphatic rings. The Morgan fingerprint density at radius 1 is 1.53 bits per heavy atom. The van der Waals surface area contributed by atoms with Crippen molar-refractivity contribution in [1.29, 1.82) is 0 Å². The maximum absolute atomic E-state index is 5.55. The SMILES string of the molecule is Nc1ccn(Cc2csc(C3CC3)n2)n1. The van der Waals surface area contributed by atoms with E-state index < -0.39 is 0 Å². The van der Waals surface area contributed by atoms with Crippen LogP contribution in [0.4, 0.5) is 5.82 Å². The molecular formula is C10H12N4S. The summed E-state index contributed by atoms with van der Waals surface area (Å²) in [5, 5.41) is 7.53. The van der Waals surface area contributed by atoms with E-state index in [1.54, 1.807) is 17.4 Å². The molecular weight excluding hydrogens is 208 g/mol. The van der Waals surface area contributed by atoms with Crippen LogP contribution in [0.15, 0.2) is 17.6 Å². The van der Waals surface area contributed by atoms with Gasteiger partial charge in [0.05, 0.1) is 17.2 Å². The second-order valence-electron chi connectivity index (χ2n) is 3.89. The van der Waals surface area contributed by atoms with E-state index in [0.717, 1.165) is 18.2 Å². The lowest BCUT2D eigenvalue weighted by Crippen LogP contribution is -2.01. The van der Waals surface area contributed by atoms with Crippen molar-refractivity contribution in [2.24, 2.45) is 0 Å². The molecule has 0 unspecified atom stereocenters. The summed E-state index contributed by atoms with van der Waals surface area (Å²) in [7, 11) is 0. The minimum atomic E-state index is 0.563. The highest BCUT2D eigenvalue weighted by atomic mass is 32.1. The van der Waals surface area contributed by atoms with E-state index in [-0.39, 0.29) is 0 Å². The largest absolute Gasteiger partial charge is 0.382 e. The van der Waals surface area contributed by atoms with Gasteiger partial charge in [-0.3, -0.25) is 4.68 Å². The molecule has 0 amide bonds. The van der Waals surface area contributed by atoms with E-state index in [4.69, 9.17) is 5.73 Å². The van der Waals surface area contributed by atoms with Gasteiger partial charge in [-0.15, -0.1) is 11.3 Å². The smallest absolute Gasteiger partial charge is 0.145 e. The molecule has 4 nitrogen and oxygen atoms in total. The van der Waals surface area contributed by atoms with E-state index in [2.05, 4.69) is 15.5 Å². The van der Waals surface area contributed by atoms with Gasteiger partial charge < -0.3 is 5.73 Å². The number of hydrogen-bond acceptors (Lipinski definition) is 4. The predicted octanol–water partition coefficient (Wildman–Crippen LogP) is 1.85. The Hall–Kier alpha value is -1.36. The van der Waals surface area contributed by atoms with Crippen LogP contribution in [0.3, 0.4) is 0 Å². The van der Waals surface area contributed by atoms with Crippen LogP contribution in [0.1, 0.15) is 29.5 Å². The van der Waals surface area contributed by atoms with Gasteiger partial charge in [0.1, 0.15) is 5.82 Å². The molecule has 0 spiro atoms. The van der Waals surface area contributed by atoms with Crippen LogP contribution >= 0.6 is 11.3 Å². The fourth-order valence-corrected chi connectivity index (χ4v) is 2.53. The van der Waals surface area contributed by atoms with Crippen molar-refractivity contribution in [1.82, 2.24) is 14.8 Å². The first-order valence-corrected chi connectivity index (χ1v) is 5.92. The maximum atomic E-state index is 5.55. The number of nitrogen functional groups attached to an aromatic ring is 1. The Bertz CT molecular complexity index is 469. The van der Waals surface area contributed by atoms with E-state index in [1.807, 2.05) is 10.9 Å². The summed E-state index contributed by atoms with van der Waals surface area (Å²) in [4.78, 5) is 4.59. The van der Waals surface area contributed by atoms with Crippen molar-refractivity contribution >= 4 is 17.2 Å². The summed E-state index contributed by atoms with van der Waals surface area (Å²) in [5.74, 6) is 1.30. The Balaban J connectivity index is 1.75. The molecule has 2 aromatic heterocycles. The molecule has 0 radical (unpaired) electrons. The van der Waals surface area contributed by atoms with Crippen molar-refractivity contribution < 1.29 is 0 Å². The zero-order valence-electron chi connectivity index (χ0n) is 8.26. The molecule has 1 fully saturated rings. The molecule has 0 aliphatic heterocycles. The molecule has 1 aliphatic carbocycles. The van der Waals surface area contributed by atoms with Crippen LogP contribution in [0.2, 0.25) is 0 Å². The lowest BCUT2D eigenvalue weighted by Gasteiger charge is -1.96. The number of thiazole rings is 1. The first-order valence-electron chi connectivity index (χ1n) is 5.04. The highest BCUT2D eigenvalue weighted by Crippen LogP contribution is 2.41. The summed E-state index contributed by atoms with van der Waals surface area (Å²) in [6.07, 6.45) is 4.49. The highest BCUT2D eigenvalue weighted by Gasteiger charge is 2.26. The van der Waals surface area contributed by atoms with Gasteiger partial charge in [0.15, 0.2) is 0 Å². The van der Waals surface area contributed by atoms with Gasteiger partial charge >= 0.3 is 0 Å². The molecule has 2 heterocycles. The molecule has 0 aromatic carbocycles. The number of nitrogens with zero attached hydrogens (tertiary/aromatic N) is 3. The second kappa shape index (κ2) is 3.34. The number of anilines is 1. The topological polar surface area (TPSA) is 56.7 Å². The Labute approximate surface area is 91.7 Å². The molecule has 5 heteroatoms. The van der Waals surface area contributed by atoms with E-state index in [9.17, 15) is 0 Å². The number of rotatable bonds is 3. The molecule has 2 aromatic rings. The first-order chi connectivity index (χ1) is 7.31. The van der Waals surface area contributed by atoms with Gasteiger partial charge in [-0.1, -0.05) is 0 Å². The average molecular weight is 220 g/mol. The van der Waals surface area contributed by atoms with Gasteiger partial charge in [0.2, 0.25) is 0 Å². The summed E-state index contributed by atoms with van der Waals surface area (Å²) < 4.78 is 1.82. The van der Waals surface area contributed by atoms with Crippen LogP contribution < -0.4 is 5.73 Å². The molecule has 2 N–H and O–H groups in total. The molecule has 0 bridgehead atoms. The standard InChI is InChI=1S/C10H12N4S/c11-9-3-4-14(13-9)5-8-6-15-10(12-8)7-1-2-7/h3-4,6-7H,1-2,5H2,(H2,11,13). The molecule has 1 saturated carbocycles. The van der Waals surface area contributed by atoms with Gasteiger partial charge in [-0.05, 0) is 18.9 Å². The normalized spacial score (nSPS) is 15.7. The van der Waals surface area contributed by atoms with E-state index >= 15 is 0 Å². The molecule has 15 heavy (non-hydrogen) atoms. The Kier molecular flexibility index (Phi) is 1.98. The van der Waals surface area contributed by atoms with Gasteiger partial charge in [0, 0.05) is 17.5 Å². The van der Waals surface area contributed by atoms with Crippen LogP contribution in [0.25, 0.3) is 0 Å². The number of aromatic nitrogens is 3. The summed E-state index contributed by atoms with van der Waals surface area (Å²) in [6.45, 7) is 0.723. The first kappa shape index (κ1) is 8.91. The second-order valence-corrected chi connectivity index (χ2v) is 4.78. The molecule has 0 atom stereocenters. The Morgan fingerprint density at radius 2 is 2.40 bits per heavy atom. The maximum Gasteiger partial charge on any atom is 0.145 e. The van der Waals surface area contributed by atoms with Crippen LogP contribution in [0.5, 0.6) is 0 Å². The quantitative estimate of drug-likeness (QED) is 0.858. The lowest BCUT2D eigenvalue weighted by atomic mass is 10.4. The van der Waals surface area contributed by atoms with Gasteiger partial charge in [0.25, 0.3) is 0 Å². The zero-order valence-corrected chi connectivity index (χ0v) is 9.07. The number of nitrogens with two attached hydrogens (primary N) is 1. The summed E-state index contributed by atoms with van der Waals surface area (Å²) in [5.41, 5.74) is 6.63. The summed E-state index contributed by atoms with van der Waals surface area (Å²) in [6, 6.07) is 1.80. The van der Waals surface area contributed by atoms with Crippen LogP contribution in [-0.4, -0.2) is 14.8 Å². The van der Waals surface area contributed by atoms with E-state index in [1.165, 1.54) is 17.8 Å².